The summed E-state index contributed by atoms with van der Waals surface area (Å²) in [6.07, 6.45) is 1.71. The van der Waals surface area contributed by atoms with Crippen LogP contribution in [0.5, 0.6) is 0 Å². The molecule has 2 heterocycles. The first kappa shape index (κ1) is 14.4. The zero-order valence-corrected chi connectivity index (χ0v) is 13.4. The minimum Gasteiger partial charge on any atom is -0.333 e. The van der Waals surface area contributed by atoms with Crippen LogP contribution >= 0.6 is 0 Å². The van der Waals surface area contributed by atoms with Crippen LogP contribution in [0.3, 0.4) is 0 Å². The molecule has 0 saturated carbocycles. The molecule has 0 amide bonds. The van der Waals surface area contributed by atoms with E-state index in [9.17, 15) is 0 Å². The van der Waals surface area contributed by atoms with Gasteiger partial charge in [-0.2, -0.15) is 10.1 Å². The van der Waals surface area contributed by atoms with E-state index < -0.39 is 0 Å². The Kier molecular flexibility index (Phi) is 3.46. The Balaban J connectivity index is 1.74. The zero-order chi connectivity index (χ0) is 16.5. The van der Waals surface area contributed by atoms with Crippen LogP contribution in [0, 0.1) is 13.8 Å². The van der Waals surface area contributed by atoms with E-state index >= 15 is 0 Å². The smallest absolute Gasteiger partial charge is 0.262 e. The first-order valence-electron chi connectivity index (χ1n) is 7.73. The predicted octanol–water partition coefficient (Wildman–Crippen LogP) is 4.41. The number of nitrogens with one attached hydrogen (secondary N) is 1. The van der Waals surface area contributed by atoms with Gasteiger partial charge in [0.2, 0.25) is 5.82 Å². The van der Waals surface area contributed by atoms with E-state index in [1.165, 1.54) is 11.1 Å². The van der Waals surface area contributed by atoms with E-state index in [-0.39, 0.29) is 0 Å². The monoisotopic (exact) mass is 316 g/mol. The Labute approximate surface area is 139 Å². The van der Waals surface area contributed by atoms with E-state index in [4.69, 9.17) is 4.52 Å². The lowest BCUT2D eigenvalue weighted by molar-refractivity contribution is 0.432. The van der Waals surface area contributed by atoms with Gasteiger partial charge in [0.25, 0.3) is 5.89 Å². The third kappa shape index (κ3) is 2.50. The normalized spacial score (nSPS) is 10.9. The average Bonchev–Trinajstić information content (AvgIpc) is 3.26. The molecule has 5 heteroatoms. The number of aryl methyl sites for hydroxylation is 2. The number of H-pyrrole nitrogens is 1. The van der Waals surface area contributed by atoms with Gasteiger partial charge in [0.15, 0.2) is 0 Å². The van der Waals surface area contributed by atoms with Crippen LogP contribution in [0.1, 0.15) is 11.1 Å². The molecule has 5 nitrogen and oxygen atoms in total. The number of hydrogen-bond acceptors (Lipinski definition) is 4. The first-order chi connectivity index (χ1) is 11.7. The molecule has 0 bridgehead atoms. The molecule has 118 valence electrons. The van der Waals surface area contributed by atoms with Gasteiger partial charge in [0.05, 0.1) is 17.5 Å². The molecular formula is C19H16N4O. The summed E-state index contributed by atoms with van der Waals surface area (Å²) >= 11 is 0. The molecule has 4 rings (SSSR count). The molecule has 0 spiro atoms. The fourth-order valence-corrected chi connectivity index (χ4v) is 2.60. The minimum absolute atomic E-state index is 0.454. The van der Waals surface area contributed by atoms with Gasteiger partial charge in [-0.15, -0.1) is 0 Å². The van der Waals surface area contributed by atoms with Crippen molar-refractivity contribution < 1.29 is 4.52 Å². The number of hydrogen-bond donors (Lipinski definition) is 1. The summed E-state index contributed by atoms with van der Waals surface area (Å²) in [7, 11) is 0. The highest BCUT2D eigenvalue weighted by molar-refractivity contribution is 5.76. The molecule has 4 aromatic rings. The minimum atomic E-state index is 0.454. The van der Waals surface area contributed by atoms with Crippen molar-refractivity contribution in [3.05, 3.63) is 65.9 Å². The summed E-state index contributed by atoms with van der Waals surface area (Å²) in [6.45, 7) is 4.15. The fraction of sp³-hybridized carbons (Fsp3) is 0.105. The summed E-state index contributed by atoms with van der Waals surface area (Å²) in [5.74, 6) is 1.03. The SMILES string of the molecule is Cc1ccc(-c2noc(-c3cn[nH]c3-c3ccccc3)n2)cc1C. The maximum Gasteiger partial charge on any atom is 0.262 e. The van der Waals surface area contributed by atoms with Gasteiger partial charge in [0.1, 0.15) is 0 Å². The maximum absolute atomic E-state index is 5.47. The topological polar surface area (TPSA) is 67.6 Å². The van der Waals surface area contributed by atoms with Crippen LogP contribution in [0.4, 0.5) is 0 Å². The average molecular weight is 316 g/mol. The van der Waals surface area contributed by atoms with E-state index in [1.807, 2.05) is 36.4 Å². The van der Waals surface area contributed by atoms with E-state index in [0.717, 1.165) is 22.4 Å². The molecule has 0 aliphatic rings. The van der Waals surface area contributed by atoms with E-state index in [1.54, 1.807) is 6.20 Å². The van der Waals surface area contributed by atoms with Crippen LogP contribution in [-0.2, 0) is 0 Å². The molecule has 24 heavy (non-hydrogen) atoms. The number of nitrogens with zero attached hydrogens (tertiary/aromatic N) is 3. The van der Waals surface area contributed by atoms with Crippen LogP contribution in [0.15, 0.2) is 59.3 Å². The lowest BCUT2D eigenvalue weighted by Gasteiger charge is -2.00. The van der Waals surface area contributed by atoms with Crippen molar-refractivity contribution in [2.45, 2.75) is 13.8 Å². The standard InChI is InChI=1S/C19H16N4O/c1-12-8-9-15(10-13(12)2)18-21-19(24-23-18)16-11-20-22-17(16)14-6-4-3-5-7-14/h3-11H,1-2H3,(H,20,22). The number of aromatic nitrogens is 4. The Bertz CT molecular complexity index is 986. The van der Waals surface area contributed by atoms with Gasteiger partial charge in [-0.3, -0.25) is 5.10 Å². The molecule has 2 aromatic heterocycles. The Morgan fingerprint density at radius 2 is 1.75 bits per heavy atom. The third-order valence-electron chi connectivity index (χ3n) is 4.12. The highest BCUT2D eigenvalue weighted by Crippen LogP contribution is 2.30. The van der Waals surface area contributed by atoms with Crippen molar-refractivity contribution in [1.29, 1.82) is 0 Å². The molecular weight excluding hydrogens is 300 g/mol. The van der Waals surface area contributed by atoms with Crippen LogP contribution in [0.25, 0.3) is 34.1 Å². The quantitative estimate of drug-likeness (QED) is 0.608. The van der Waals surface area contributed by atoms with Crippen LogP contribution < -0.4 is 0 Å². The predicted molar refractivity (Wildman–Crippen MR) is 92.2 cm³/mol. The van der Waals surface area contributed by atoms with Crippen LogP contribution in [0.2, 0.25) is 0 Å². The second kappa shape index (κ2) is 5.77. The van der Waals surface area contributed by atoms with Crippen molar-refractivity contribution in [1.82, 2.24) is 20.3 Å². The highest BCUT2D eigenvalue weighted by Gasteiger charge is 2.17. The number of aromatic amines is 1. The lowest BCUT2D eigenvalue weighted by Crippen LogP contribution is -1.86. The summed E-state index contributed by atoms with van der Waals surface area (Å²) < 4.78 is 5.47. The van der Waals surface area contributed by atoms with Gasteiger partial charge in [-0.05, 0) is 31.0 Å². The zero-order valence-electron chi connectivity index (χ0n) is 13.4. The van der Waals surface area contributed by atoms with Gasteiger partial charge < -0.3 is 4.52 Å². The fourth-order valence-electron chi connectivity index (χ4n) is 2.60. The van der Waals surface area contributed by atoms with E-state index in [2.05, 4.69) is 46.3 Å². The van der Waals surface area contributed by atoms with Crippen LogP contribution in [-0.4, -0.2) is 20.3 Å². The van der Waals surface area contributed by atoms with Gasteiger partial charge in [-0.1, -0.05) is 47.6 Å². The van der Waals surface area contributed by atoms with Crippen molar-refractivity contribution in [2.75, 3.05) is 0 Å². The Morgan fingerprint density at radius 1 is 0.917 bits per heavy atom. The van der Waals surface area contributed by atoms with Gasteiger partial charge in [-0.25, -0.2) is 0 Å². The van der Waals surface area contributed by atoms with Gasteiger partial charge in [0, 0.05) is 11.1 Å². The summed E-state index contributed by atoms with van der Waals surface area (Å²) in [4.78, 5) is 4.54. The Hall–Kier alpha value is -3.21. The lowest BCUT2D eigenvalue weighted by atomic mass is 10.1. The molecule has 1 N–H and O–H groups in total. The highest BCUT2D eigenvalue weighted by atomic mass is 16.5. The first-order valence-corrected chi connectivity index (χ1v) is 7.73. The molecule has 0 atom stereocenters. The molecule has 0 radical (unpaired) electrons. The Morgan fingerprint density at radius 3 is 2.54 bits per heavy atom. The third-order valence-corrected chi connectivity index (χ3v) is 4.12. The van der Waals surface area contributed by atoms with Crippen molar-refractivity contribution in [3.63, 3.8) is 0 Å². The largest absolute Gasteiger partial charge is 0.333 e. The summed E-state index contributed by atoms with van der Waals surface area (Å²) in [5, 5.41) is 11.3. The van der Waals surface area contributed by atoms with Crippen molar-refractivity contribution >= 4 is 0 Å². The number of rotatable bonds is 3. The maximum atomic E-state index is 5.47. The molecule has 0 unspecified atom stereocenters. The van der Waals surface area contributed by atoms with Gasteiger partial charge >= 0.3 is 0 Å². The van der Waals surface area contributed by atoms with Crippen molar-refractivity contribution in [2.24, 2.45) is 0 Å². The summed E-state index contributed by atoms with van der Waals surface area (Å²) in [6, 6.07) is 16.1. The van der Waals surface area contributed by atoms with Crippen molar-refractivity contribution in [3.8, 4) is 34.1 Å². The van der Waals surface area contributed by atoms with E-state index in [0.29, 0.717) is 11.7 Å². The number of benzene rings is 2. The molecule has 0 fully saturated rings. The second-order valence-electron chi connectivity index (χ2n) is 5.75. The molecule has 0 aliphatic heterocycles. The molecule has 2 aromatic carbocycles. The molecule has 0 aliphatic carbocycles. The second-order valence-corrected chi connectivity index (χ2v) is 5.75. The molecule has 0 saturated heterocycles. The summed E-state index contributed by atoms with van der Waals surface area (Å²) in [5.41, 5.74) is 6.07.